The topological polar surface area (TPSA) is 87.9 Å². The summed E-state index contributed by atoms with van der Waals surface area (Å²) in [6.07, 6.45) is 0. The van der Waals surface area contributed by atoms with Crippen molar-refractivity contribution in [3.8, 4) is 10.6 Å². The molecule has 3 aromatic rings. The average Bonchev–Trinajstić information content (AvgIpc) is 3.18. The maximum atomic E-state index is 12.3. The van der Waals surface area contributed by atoms with E-state index in [1.807, 2.05) is 24.4 Å². The molecule has 0 saturated carbocycles. The number of hydrogen-bond donors (Lipinski definition) is 1. The predicted octanol–water partition coefficient (Wildman–Crippen LogP) is 2.10. The van der Waals surface area contributed by atoms with E-state index in [1.165, 1.54) is 16.2 Å². The number of amides is 1. The van der Waals surface area contributed by atoms with Gasteiger partial charge in [-0.2, -0.15) is 5.10 Å². The SMILES string of the molecule is Cc1nc(CN(C)C(=O)c2cc(-c3cccs3)on2)n[nH]1. The largest absolute Gasteiger partial charge is 0.355 e. The van der Waals surface area contributed by atoms with Crippen LogP contribution in [0.25, 0.3) is 10.6 Å². The Balaban J connectivity index is 1.72. The molecule has 7 nitrogen and oxygen atoms in total. The van der Waals surface area contributed by atoms with Crippen LogP contribution >= 0.6 is 11.3 Å². The highest BCUT2D eigenvalue weighted by atomic mass is 32.1. The number of carbonyl (C=O) groups is 1. The molecule has 0 aliphatic carbocycles. The second kappa shape index (κ2) is 5.49. The molecule has 3 rings (SSSR count). The molecule has 0 bridgehead atoms. The first-order chi connectivity index (χ1) is 10.1. The Kier molecular flexibility index (Phi) is 3.53. The molecular formula is C13H13N5O2S. The zero-order valence-electron chi connectivity index (χ0n) is 11.5. The highest BCUT2D eigenvalue weighted by Crippen LogP contribution is 2.25. The quantitative estimate of drug-likeness (QED) is 0.797. The molecule has 0 radical (unpaired) electrons. The van der Waals surface area contributed by atoms with Crippen molar-refractivity contribution in [2.45, 2.75) is 13.5 Å². The summed E-state index contributed by atoms with van der Waals surface area (Å²) in [5, 5.41) is 12.5. The van der Waals surface area contributed by atoms with Gasteiger partial charge in [0.05, 0.1) is 11.4 Å². The van der Waals surface area contributed by atoms with E-state index in [0.717, 1.165) is 4.88 Å². The van der Waals surface area contributed by atoms with Gasteiger partial charge in [-0.3, -0.25) is 9.89 Å². The molecule has 0 spiro atoms. The third-order valence-electron chi connectivity index (χ3n) is 2.86. The summed E-state index contributed by atoms with van der Waals surface area (Å²) in [6.45, 7) is 2.12. The lowest BCUT2D eigenvalue weighted by atomic mass is 10.3. The van der Waals surface area contributed by atoms with E-state index in [-0.39, 0.29) is 11.6 Å². The zero-order valence-corrected chi connectivity index (χ0v) is 12.3. The van der Waals surface area contributed by atoms with E-state index in [1.54, 1.807) is 13.1 Å². The number of nitrogens with one attached hydrogen (secondary N) is 1. The molecule has 108 valence electrons. The lowest BCUT2D eigenvalue weighted by Gasteiger charge is -2.12. The molecular weight excluding hydrogens is 290 g/mol. The lowest BCUT2D eigenvalue weighted by molar-refractivity contribution is 0.0771. The monoisotopic (exact) mass is 303 g/mol. The van der Waals surface area contributed by atoms with Gasteiger partial charge in [-0.25, -0.2) is 4.98 Å². The van der Waals surface area contributed by atoms with E-state index < -0.39 is 0 Å². The molecule has 1 N–H and O–H groups in total. The Morgan fingerprint density at radius 3 is 3.05 bits per heavy atom. The molecule has 0 aliphatic rings. The van der Waals surface area contributed by atoms with Crippen LogP contribution in [0.2, 0.25) is 0 Å². The normalized spacial score (nSPS) is 10.8. The van der Waals surface area contributed by atoms with Gasteiger partial charge in [0.2, 0.25) is 0 Å². The molecule has 8 heteroatoms. The van der Waals surface area contributed by atoms with Crippen LogP contribution < -0.4 is 0 Å². The zero-order chi connectivity index (χ0) is 14.8. The van der Waals surface area contributed by atoms with Gasteiger partial charge in [0.15, 0.2) is 17.3 Å². The number of rotatable bonds is 4. The van der Waals surface area contributed by atoms with E-state index in [4.69, 9.17) is 4.52 Å². The van der Waals surface area contributed by atoms with Crippen LogP contribution in [-0.4, -0.2) is 38.2 Å². The second-order valence-electron chi connectivity index (χ2n) is 4.55. The summed E-state index contributed by atoms with van der Waals surface area (Å²) < 4.78 is 5.21. The lowest BCUT2D eigenvalue weighted by Crippen LogP contribution is -2.27. The summed E-state index contributed by atoms with van der Waals surface area (Å²) in [4.78, 5) is 18.9. The Labute approximate surface area is 124 Å². The predicted molar refractivity (Wildman–Crippen MR) is 76.7 cm³/mol. The van der Waals surface area contributed by atoms with E-state index in [9.17, 15) is 4.79 Å². The number of nitrogens with zero attached hydrogens (tertiary/aromatic N) is 4. The molecule has 0 saturated heterocycles. The molecule has 3 aromatic heterocycles. The standard InChI is InChI=1S/C13H13N5O2S/c1-8-14-12(16-15-8)7-18(2)13(19)9-6-10(20-17-9)11-4-3-5-21-11/h3-6H,7H2,1-2H3,(H,14,15,16). The van der Waals surface area contributed by atoms with Gasteiger partial charge in [0.1, 0.15) is 5.82 Å². The van der Waals surface area contributed by atoms with Crippen LogP contribution in [-0.2, 0) is 6.54 Å². The fraction of sp³-hybridized carbons (Fsp3) is 0.231. The van der Waals surface area contributed by atoms with Crippen molar-refractivity contribution in [2.75, 3.05) is 7.05 Å². The fourth-order valence-corrected chi connectivity index (χ4v) is 2.52. The number of aromatic nitrogens is 4. The number of thiophene rings is 1. The maximum Gasteiger partial charge on any atom is 0.276 e. The van der Waals surface area contributed by atoms with Gasteiger partial charge >= 0.3 is 0 Å². The molecule has 0 atom stereocenters. The van der Waals surface area contributed by atoms with Gasteiger partial charge in [0, 0.05) is 13.1 Å². The second-order valence-corrected chi connectivity index (χ2v) is 5.50. The summed E-state index contributed by atoms with van der Waals surface area (Å²) in [6, 6.07) is 5.48. The Morgan fingerprint density at radius 2 is 2.38 bits per heavy atom. The van der Waals surface area contributed by atoms with Crippen LogP contribution in [0, 0.1) is 6.92 Å². The molecule has 0 aliphatic heterocycles. The van der Waals surface area contributed by atoms with Crippen molar-refractivity contribution in [1.82, 2.24) is 25.2 Å². The molecule has 3 heterocycles. The van der Waals surface area contributed by atoms with Crippen LogP contribution in [0.4, 0.5) is 0 Å². The molecule has 0 unspecified atom stereocenters. The van der Waals surface area contributed by atoms with Crippen LogP contribution in [0.3, 0.4) is 0 Å². The Bertz CT molecular complexity index is 746. The first-order valence-electron chi connectivity index (χ1n) is 6.27. The van der Waals surface area contributed by atoms with Crippen molar-refractivity contribution in [1.29, 1.82) is 0 Å². The summed E-state index contributed by atoms with van der Waals surface area (Å²) in [7, 11) is 1.67. The maximum absolute atomic E-state index is 12.3. The van der Waals surface area contributed by atoms with Crippen molar-refractivity contribution in [3.05, 3.63) is 40.9 Å². The third kappa shape index (κ3) is 2.84. The number of aryl methyl sites for hydroxylation is 1. The van der Waals surface area contributed by atoms with Gasteiger partial charge < -0.3 is 9.42 Å². The Hall–Kier alpha value is -2.48. The van der Waals surface area contributed by atoms with Gasteiger partial charge in [0.25, 0.3) is 5.91 Å². The van der Waals surface area contributed by atoms with Gasteiger partial charge in [-0.05, 0) is 18.4 Å². The van der Waals surface area contributed by atoms with E-state index in [2.05, 4.69) is 20.3 Å². The first kappa shape index (κ1) is 13.5. The van der Waals surface area contributed by atoms with Crippen molar-refractivity contribution in [3.63, 3.8) is 0 Å². The summed E-state index contributed by atoms with van der Waals surface area (Å²) in [5.74, 6) is 1.64. The highest BCUT2D eigenvalue weighted by molar-refractivity contribution is 7.13. The molecule has 0 aromatic carbocycles. The van der Waals surface area contributed by atoms with E-state index >= 15 is 0 Å². The highest BCUT2D eigenvalue weighted by Gasteiger charge is 2.19. The van der Waals surface area contributed by atoms with Crippen molar-refractivity contribution in [2.24, 2.45) is 0 Å². The average molecular weight is 303 g/mol. The van der Waals surface area contributed by atoms with Crippen LogP contribution in [0.1, 0.15) is 22.1 Å². The van der Waals surface area contributed by atoms with Crippen LogP contribution in [0.5, 0.6) is 0 Å². The van der Waals surface area contributed by atoms with Crippen LogP contribution in [0.15, 0.2) is 28.1 Å². The first-order valence-corrected chi connectivity index (χ1v) is 7.15. The third-order valence-corrected chi connectivity index (χ3v) is 3.75. The smallest absolute Gasteiger partial charge is 0.276 e. The summed E-state index contributed by atoms with van der Waals surface area (Å²) >= 11 is 1.53. The van der Waals surface area contributed by atoms with E-state index in [0.29, 0.717) is 24.0 Å². The minimum atomic E-state index is -0.232. The fourth-order valence-electron chi connectivity index (χ4n) is 1.85. The summed E-state index contributed by atoms with van der Waals surface area (Å²) in [5.41, 5.74) is 0.271. The minimum absolute atomic E-state index is 0.232. The number of H-pyrrole nitrogens is 1. The Morgan fingerprint density at radius 1 is 1.52 bits per heavy atom. The number of carbonyl (C=O) groups excluding carboxylic acids is 1. The van der Waals surface area contributed by atoms with Crippen molar-refractivity contribution >= 4 is 17.2 Å². The molecule has 1 amide bonds. The van der Waals surface area contributed by atoms with Crippen molar-refractivity contribution < 1.29 is 9.32 Å². The van der Waals surface area contributed by atoms with Gasteiger partial charge in [-0.1, -0.05) is 11.2 Å². The molecule has 0 fully saturated rings. The minimum Gasteiger partial charge on any atom is -0.355 e. The molecule has 21 heavy (non-hydrogen) atoms. The number of aromatic amines is 1. The number of hydrogen-bond acceptors (Lipinski definition) is 6. The van der Waals surface area contributed by atoms with Gasteiger partial charge in [-0.15, -0.1) is 11.3 Å².